The van der Waals surface area contributed by atoms with Gasteiger partial charge in [0.25, 0.3) is 5.91 Å². The maximum Gasteiger partial charge on any atom is 0.250 e. The second-order valence-corrected chi connectivity index (χ2v) is 7.33. The zero-order valence-electron chi connectivity index (χ0n) is 16.5. The van der Waals surface area contributed by atoms with Gasteiger partial charge < -0.3 is 15.6 Å². The number of rotatable bonds is 6. The van der Waals surface area contributed by atoms with E-state index in [1.807, 2.05) is 30.3 Å². The van der Waals surface area contributed by atoms with E-state index in [2.05, 4.69) is 20.4 Å². The molecule has 0 unspecified atom stereocenters. The van der Waals surface area contributed by atoms with Crippen molar-refractivity contribution in [3.8, 4) is 11.4 Å². The summed E-state index contributed by atoms with van der Waals surface area (Å²) in [5.41, 5.74) is 7.07. The van der Waals surface area contributed by atoms with Crippen molar-refractivity contribution in [2.45, 2.75) is 19.4 Å². The molecule has 1 fully saturated rings. The van der Waals surface area contributed by atoms with Gasteiger partial charge in [0, 0.05) is 11.5 Å². The van der Waals surface area contributed by atoms with E-state index in [9.17, 15) is 9.59 Å². The fourth-order valence-electron chi connectivity index (χ4n) is 3.61. The largest absolute Gasteiger partial charge is 0.366 e. The van der Waals surface area contributed by atoms with Crippen LogP contribution < -0.4 is 11.1 Å². The van der Waals surface area contributed by atoms with Crippen molar-refractivity contribution in [3.63, 3.8) is 0 Å². The van der Waals surface area contributed by atoms with Gasteiger partial charge in [0.15, 0.2) is 0 Å². The molecule has 2 aromatic carbocycles. The molecule has 0 radical (unpaired) electrons. The van der Waals surface area contributed by atoms with E-state index in [4.69, 9.17) is 10.3 Å². The van der Waals surface area contributed by atoms with Crippen molar-refractivity contribution in [2.75, 3.05) is 18.4 Å². The Morgan fingerprint density at radius 3 is 2.50 bits per heavy atom. The molecule has 2 heterocycles. The maximum absolute atomic E-state index is 12.6. The number of likely N-dealkylation sites (tertiary alicyclic amines) is 1. The van der Waals surface area contributed by atoms with Crippen molar-refractivity contribution in [3.05, 3.63) is 66.1 Å². The first-order chi connectivity index (χ1) is 14.6. The number of anilines is 1. The van der Waals surface area contributed by atoms with E-state index < -0.39 is 5.91 Å². The van der Waals surface area contributed by atoms with Crippen LogP contribution in [0, 0.1) is 5.92 Å². The van der Waals surface area contributed by atoms with E-state index in [0.717, 1.165) is 18.7 Å². The molecule has 0 atom stereocenters. The second kappa shape index (κ2) is 8.87. The Labute approximate surface area is 174 Å². The Morgan fingerprint density at radius 1 is 1.07 bits per heavy atom. The third kappa shape index (κ3) is 4.55. The molecule has 0 bridgehead atoms. The molecular weight excluding hydrogens is 382 g/mol. The minimum atomic E-state index is -0.560. The molecule has 0 saturated carbocycles. The van der Waals surface area contributed by atoms with E-state index in [0.29, 0.717) is 42.4 Å². The van der Waals surface area contributed by atoms with E-state index in [1.165, 1.54) is 0 Å². The number of piperidine rings is 1. The summed E-state index contributed by atoms with van der Waals surface area (Å²) in [6.45, 7) is 2.05. The van der Waals surface area contributed by atoms with Gasteiger partial charge in [0.05, 0.1) is 17.8 Å². The summed E-state index contributed by atoms with van der Waals surface area (Å²) >= 11 is 0. The minimum Gasteiger partial charge on any atom is -0.366 e. The van der Waals surface area contributed by atoms with Gasteiger partial charge >= 0.3 is 0 Å². The molecule has 30 heavy (non-hydrogen) atoms. The molecule has 1 aliphatic heterocycles. The normalized spacial score (nSPS) is 15.1. The number of hydrogen-bond donors (Lipinski definition) is 2. The SMILES string of the molecule is NC(=O)c1ccccc1NC(=O)C1CCN(Cc2nc(-c3ccccc3)no2)CC1. The first kappa shape index (κ1) is 19.8. The number of amides is 2. The number of carbonyl (C=O) groups is 2. The van der Waals surface area contributed by atoms with Gasteiger partial charge in [-0.3, -0.25) is 14.5 Å². The third-order valence-corrected chi connectivity index (χ3v) is 5.27. The summed E-state index contributed by atoms with van der Waals surface area (Å²) in [7, 11) is 0. The predicted octanol–water partition coefficient (Wildman–Crippen LogP) is 2.69. The average molecular weight is 405 g/mol. The number of carbonyl (C=O) groups excluding carboxylic acids is 2. The van der Waals surface area contributed by atoms with Crippen LogP contribution in [0.5, 0.6) is 0 Å². The van der Waals surface area contributed by atoms with E-state index in [1.54, 1.807) is 24.3 Å². The van der Waals surface area contributed by atoms with Crippen LogP contribution in [0.3, 0.4) is 0 Å². The quantitative estimate of drug-likeness (QED) is 0.652. The summed E-state index contributed by atoms with van der Waals surface area (Å²) in [6.07, 6.45) is 1.43. The molecule has 2 amide bonds. The fourth-order valence-corrected chi connectivity index (χ4v) is 3.61. The smallest absolute Gasteiger partial charge is 0.250 e. The van der Waals surface area contributed by atoms with Crippen LogP contribution in [0.2, 0.25) is 0 Å². The highest BCUT2D eigenvalue weighted by molar-refractivity contribution is 6.03. The van der Waals surface area contributed by atoms with Gasteiger partial charge in [-0.15, -0.1) is 0 Å². The molecule has 1 saturated heterocycles. The number of nitrogens with one attached hydrogen (secondary N) is 1. The fraction of sp³-hybridized carbons (Fsp3) is 0.273. The number of primary amides is 1. The van der Waals surface area contributed by atoms with Crippen LogP contribution in [0.15, 0.2) is 59.1 Å². The molecule has 0 aliphatic carbocycles. The molecule has 3 N–H and O–H groups in total. The maximum atomic E-state index is 12.6. The second-order valence-electron chi connectivity index (χ2n) is 7.33. The predicted molar refractivity (Wildman–Crippen MR) is 111 cm³/mol. The lowest BCUT2D eigenvalue weighted by atomic mass is 9.95. The van der Waals surface area contributed by atoms with Crippen molar-refractivity contribution >= 4 is 17.5 Å². The van der Waals surface area contributed by atoms with Gasteiger partial charge in [-0.05, 0) is 38.1 Å². The highest BCUT2D eigenvalue weighted by Gasteiger charge is 2.26. The van der Waals surface area contributed by atoms with Gasteiger partial charge in [-0.25, -0.2) is 0 Å². The van der Waals surface area contributed by atoms with Crippen LogP contribution in [0.4, 0.5) is 5.69 Å². The number of para-hydroxylation sites is 1. The number of benzene rings is 2. The topological polar surface area (TPSA) is 114 Å². The molecule has 154 valence electrons. The van der Waals surface area contributed by atoms with Gasteiger partial charge in [0.2, 0.25) is 17.6 Å². The van der Waals surface area contributed by atoms with Crippen LogP contribution in [-0.4, -0.2) is 39.9 Å². The zero-order chi connectivity index (χ0) is 20.9. The number of nitrogens with two attached hydrogens (primary N) is 1. The first-order valence-corrected chi connectivity index (χ1v) is 9.90. The molecule has 4 rings (SSSR count). The summed E-state index contributed by atoms with van der Waals surface area (Å²) in [5.74, 6) is 0.368. The Morgan fingerprint density at radius 2 is 1.77 bits per heavy atom. The number of aromatic nitrogens is 2. The minimum absolute atomic E-state index is 0.0903. The number of hydrogen-bond acceptors (Lipinski definition) is 6. The summed E-state index contributed by atoms with van der Waals surface area (Å²) in [4.78, 5) is 30.8. The molecule has 1 aliphatic rings. The first-order valence-electron chi connectivity index (χ1n) is 9.90. The van der Waals surface area contributed by atoms with Crippen molar-refractivity contribution in [1.29, 1.82) is 0 Å². The van der Waals surface area contributed by atoms with Crippen molar-refractivity contribution in [2.24, 2.45) is 11.7 Å². The lowest BCUT2D eigenvalue weighted by Crippen LogP contribution is -2.38. The highest BCUT2D eigenvalue weighted by Crippen LogP contribution is 2.23. The Hall–Kier alpha value is -3.52. The average Bonchev–Trinajstić information content (AvgIpc) is 3.23. The number of nitrogens with zero attached hydrogens (tertiary/aromatic N) is 3. The monoisotopic (exact) mass is 405 g/mol. The molecule has 3 aromatic rings. The molecule has 0 spiro atoms. The Balaban J connectivity index is 1.31. The molecule has 8 heteroatoms. The zero-order valence-corrected chi connectivity index (χ0v) is 16.5. The van der Waals surface area contributed by atoms with Crippen molar-refractivity contribution < 1.29 is 14.1 Å². The molecule has 8 nitrogen and oxygen atoms in total. The van der Waals surface area contributed by atoms with E-state index in [-0.39, 0.29) is 11.8 Å². The lowest BCUT2D eigenvalue weighted by Gasteiger charge is -2.30. The highest BCUT2D eigenvalue weighted by atomic mass is 16.5. The summed E-state index contributed by atoms with van der Waals surface area (Å²) in [6, 6.07) is 16.5. The van der Waals surface area contributed by atoms with Crippen molar-refractivity contribution in [1.82, 2.24) is 15.0 Å². The third-order valence-electron chi connectivity index (χ3n) is 5.27. The Kier molecular flexibility index (Phi) is 5.85. The summed E-state index contributed by atoms with van der Waals surface area (Å²) in [5, 5.41) is 6.90. The lowest BCUT2D eigenvalue weighted by molar-refractivity contribution is -0.121. The van der Waals surface area contributed by atoms with Crippen LogP contribution in [0.25, 0.3) is 11.4 Å². The van der Waals surface area contributed by atoms with Gasteiger partial charge in [-0.1, -0.05) is 47.6 Å². The van der Waals surface area contributed by atoms with E-state index >= 15 is 0 Å². The van der Waals surface area contributed by atoms with Crippen LogP contribution >= 0.6 is 0 Å². The molecule has 1 aromatic heterocycles. The van der Waals surface area contributed by atoms with Crippen LogP contribution in [0.1, 0.15) is 29.1 Å². The van der Waals surface area contributed by atoms with Gasteiger partial charge in [-0.2, -0.15) is 4.98 Å². The standard InChI is InChI=1S/C22H23N5O3/c23-20(28)17-8-4-5-9-18(17)24-22(29)16-10-12-27(13-11-16)14-19-25-21(26-30-19)15-6-2-1-3-7-15/h1-9,16H,10-14H2,(H2,23,28)(H,24,29). The molecular formula is C22H23N5O3. The van der Waals surface area contributed by atoms with Crippen LogP contribution in [-0.2, 0) is 11.3 Å². The Bertz CT molecular complexity index is 1030. The summed E-state index contributed by atoms with van der Waals surface area (Å²) < 4.78 is 5.38. The van der Waals surface area contributed by atoms with Gasteiger partial charge in [0.1, 0.15) is 0 Å².